The second kappa shape index (κ2) is 6.05. The topological polar surface area (TPSA) is 108 Å². The molecule has 20 heavy (non-hydrogen) atoms. The molecule has 0 saturated carbocycles. The van der Waals surface area contributed by atoms with Gasteiger partial charge < -0.3 is 15.3 Å². The van der Waals surface area contributed by atoms with Gasteiger partial charge in [-0.3, -0.25) is 4.98 Å². The summed E-state index contributed by atoms with van der Waals surface area (Å²) in [5.41, 5.74) is -2.06. The molecule has 0 fully saturated rings. The third-order valence-corrected chi connectivity index (χ3v) is 2.80. The fraction of sp³-hybridized carbons (Fsp3) is 0.154. The van der Waals surface area contributed by atoms with Gasteiger partial charge in [0, 0.05) is 36.4 Å². The number of carbonyl (C=O) groups is 2. The van der Waals surface area contributed by atoms with Crippen LogP contribution in [0.4, 0.5) is 0 Å². The predicted octanol–water partition coefficient (Wildman–Crippen LogP) is 0.297. The number of aromatic nitrogens is 1. The van der Waals surface area contributed by atoms with E-state index in [0.29, 0.717) is 5.52 Å². The number of pyridine rings is 1. The van der Waals surface area contributed by atoms with Crippen LogP contribution < -0.4 is 0 Å². The number of carboxylic acid groups (broad SMARTS) is 2. The van der Waals surface area contributed by atoms with Crippen molar-refractivity contribution in [2.45, 2.75) is 12.0 Å². The number of aliphatic carboxylic acids is 2. The second-order valence-corrected chi connectivity index (χ2v) is 4.14. The minimum absolute atomic E-state index is 0. The molecule has 0 aliphatic rings. The number of carboxylic acids is 2. The van der Waals surface area contributed by atoms with Crippen LogP contribution in [0.15, 0.2) is 36.4 Å². The van der Waals surface area contributed by atoms with E-state index in [1.54, 1.807) is 18.2 Å². The van der Waals surface area contributed by atoms with Gasteiger partial charge in [0.25, 0.3) is 5.60 Å². The number of aliphatic hydroxyl groups is 1. The number of benzene rings is 1. The number of nitrogens with zero attached hydrogens (tertiary/aromatic N) is 1. The van der Waals surface area contributed by atoms with Crippen molar-refractivity contribution in [3.63, 3.8) is 0 Å². The summed E-state index contributed by atoms with van der Waals surface area (Å²) in [7, 11) is 0. The molecule has 0 aliphatic carbocycles. The van der Waals surface area contributed by atoms with E-state index >= 15 is 0 Å². The second-order valence-electron chi connectivity index (χ2n) is 4.14. The fourth-order valence-electron chi connectivity index (χ4n) is 1.71. The number of rotatable bonds is 4. The largest absolute Gasteiger partial charge is 0.479 e. The minimum Gasteiger partial charge on any atom is -0.479 e. The van der Waals surface area contributed by atoms with Gasteiger partial charge in [-0.05, 0) is 12.1 Å². The van der Waals surface area contributed by atoms with Crippen LogP contribution in [-0.2, 0) is 16.0 Å². The monoisotopic (exact) mass is 268 g/mol. The van der Waals surface area contributed by atoms with E-state index in [-0.39, 0.29) is 24.6 Å². The van der Waals surface area contributed by atoms with Gasteiger partial charge in [0.1, 0.15) is 0 Å². The van der Waals surface area contributed by atoms with Crippen LogP contribution in [0, 0.1) is 0 Å². The van der Waals surface area contributed by atoms with Crippen molar-refractivity contribution in [1.82, 2.24) is 4.98 Å². The molecule has 0 spiro atoms. The molecular formula is C13H11LiNO5. The van der Waals surface area contributed by atoms with E-state index in [4.69, 9.17) is 10.2 Å². The maximum absolute atomic E-state index is 10.9. The Balaban J connectivity index is 0.00000200. The molecule has 7 heteroatoms. The summed E-state index contributed by atoms with van der Waals surface area (Å²) in [6.07, 6.45) is -0.595. The van der Waals surface area contributed by atoms with Crippen molar-refractivity contribution < 1.29 is 24.9 Å². The Bertz CT molecular complexity index is 644. The predicted molar refractivity (Wildman–Crippen MR) is 71.4 cm³/mol. The zero-order chi connectivity index (χ0) is 14.0. The Morgan fingerprint density at radius 2 is 1.65 bits per heavy atom. The summed E-state index contributed by atoms with van der Waals surface area (Å²) in [6.45, 7) is 0. The summed E-state index contributed by atoms with van der Waals surface area (Å²) in [5.74, 6) is -3.62. The van der Waals surface area contributed by atoms with E-state index < -0.39 is 24.0 Å². The molecule has 1 radical (unpaired) electrons. The van der Waals surface area contributed by atoms with Crippen molar-refractivity contribution in [3.05, 3.63) is 42.1 Å². The molecule has 1 heterocycles. The molecule has 1 aromatic carbocycles. The molecule has 0 atom stereocenters. The quantitative estimate of drug-likeness (QED) is 0.543. The van der Waals surface area contributed by atoms with Gasteiger partial charge in [0.05, 0.1) is 5.52 Å². The molecule has 6 nitrogen and oxygen atoms in total. The molecule has 0 amide bonds. The van der Waals surface area contributed by atoms with Crippen LogP contribution >= 0.6 is 0 Å². The molecule has 1 aromatic heterocycles. The standard InChI is InChI=1S/C13H11NO5.Li/c15-11(16)13(19,12(17)18)7-9-6-5-8-3-1-2-4-10(8)14-9;/h1-6,19H,7H2,(H,15,16)(H,17,18);. The van der Waals surface area contributed by atoms with Crippen LogP contribution in [0.25, 0.3) is 10.9 Å². The minimum atomic E-state index is -2.87. The number of para-hydroxylation sites is 1. The summed E-state index contributed by atoms with van der Waals surface area (Å²) < 4.78 is 0. The van der Waals surface area contributed by atoms with Gasteiger partial charge in [0.2, 0.25) is 0 Å². The Hall–Kier alpha value is -1.87. The van der Waals surface area contributed by atoms with Gasteiger partial charge in [-0.15, -0.1) is 0 Å². The summed E-state index contributed by atoms with van der Waals surface area (Å²) >= 11 is 0. The SMILES string of the molecule is O=C(O)C(O)(Cc1ccc2ccccc2n1)C(=O)O.[Li]. The number of hydrogen-bond acceptors (Lipinski definition) is 4. The zero-order valence-corrected chi connectivity index (χ0v) is 10.8. The maximum Gasteiger partial charge on any atom is 0.348 e. The first-order valence-electron chi connectivity index (χ1n) is 5.47. The Labute approximate surface area is 126 Å². The molecule has 99 valence electrons. The first-order valence-corrected chi connectivity index (χ1v) is 5.47. The molecule has 0 aliphatic heterocycles. The van der Waals surface area contributed by atoms with Crippen LogP contribution in [0.2, 0.25) is 0 Å². The van der Waals surface area contributed by atoms with Crippen molar-refractivity contribution in [2.75, 3.05) is 0 Å². The van der Waals surface area contributed by atoms with Crippen molar-refractivity contribution in [2.24, 2.45) is 0 Å². The average Bonchev–Trinajstić information content (AvgIpc) is 2.38. The van der Waals surface area contributed by atoms with Gasteiger partial charge in [-0.25, -0.2) is 9.59 Å². The molecule has 0 saturated heterocycles. The smallest absolute Gasteiger partial charge is 0.348 e. The molecule has 0 unspecified atom stereocenters. The Morgan fingerprint density at radius 3 is 2.25 bits per heavy atom. The van der Waals surface area contributed by atoms with Gasteiger partial charge in [-0.2, -0.15) is 0 Å². The van der Waals surface area contributed by atoms with Gasteiger partial charge in [-0.1, -0.05) is 24.3 Å². The maximum atomic E-state index is 10.9. The first-order chi connectivity index (χ1) is 8.93. The van der Waals surface area contributed by atoms with Crippen LogP contribution in [0.3, 0.4) is 0 Å². The number of hydrogen-bond donors (Lipinski definition) is 3. The first kappa shape index (κ1) is 16.2. The van der Waals surface area contributed by atoms with Crippen molar-refractivity contribution in [3.8, 4) is 0 Å². The van der Waals surface area contributed by atoms with Crippen molar-refractivity contribution in [1.29, 1.82) is 0 Å². The summed E-state index contributed by atoms with van der Waals surface area (Å²) in [5, 5.41) is 28.1. The normalized spacial score (nSPS) is 10.8. The van der Waals surface area contributed by atoms with E-state index in [0.717, 1.165) is 5.39 Å². The summed E-state index contributed by atoms with van der Waals surface area (Å²) in [4.78, 5) is 25.9. The molecule has 2 rings (SSSR count). The van der Waals surface area contributed by atoms with Crippen LogP contribution in [0.1, 0.15) is 5.69 Å². The van der Waals surface area contributed by atoms with E-state index in [9.17, 15) is 14.7 Å². The number of fused-ring (bicyclic) bond motifs is 1. The molecule has 2 aromatic rings. The summed E-state index contributed by atoms with van der Waals surface area (Å²) in [6, 6.07) is 10.3. The molecule has 3 N–H and O–H groups in total. The Kier molecular flexibility index (Phi) is 4.90. The van der Waals surface area contributed by atoms with Gasteiger partial charge >= 0.3 is 11.9 Å². The average molecular weight is 268 g/mol. The van der Waals surface area contributed by atoms with Crippen molar-refractivity contribution >= 4 is 41.7 Å². The van der Waals surface area contributed by atoms with E-state index in [2.05, 4.69) is 4.98 Å². The van der Waals surface area contributed by atoms with E-state index in [1.807, 2.05) is 12.1 Å². The molecular weight excluding hydrogens is 257 g/mol. The molecule has 0 bridgehead atoms. The third kappa shape index (κ3) is 2.99. The van der Waals surface area contributed by atoms with Crippen LogP contribution in [-0.4, -0.2) is 56.7 Å². The van der Waals surface area contributed by atoms with Crippen LogP contribution in [0.5, 0.6) is 0 Å². The zero-order valence-electron chi connectivity index (χ0n) is 10.8. The Morgan fingerprint density at radius 1 is 1.05 bits per heavy atom. The van der Waals surface area contributed by atoms with E-state index in [1.165, 1.54) is 6.07 Å². The van der Waals surface area contributed by atoms with Gasteiger partial charge in [0.15, 0.2) is 0 Å². The third-order valence-electron chi connectivity index (χ3n) is 2.80. The fourth-order valence-corrected chi connectivity index (χ4v) is 1.71.